The van der Waals surface area contributed by atoms with Crippen LogP contribution in [0.5, 0.6) is 0 Å². The summed E-state index contributed by atoms with van der Waals surface area (Å²) in [5.41, 5.74) is 5.78. The Morgan fingerprint density at radius 3 is 2.60 bits per heavy atom. The third-order valence-electron chi connectivity index (χ3n) is 3.86. The van der Waals surface area contributed by atoms with Gasteiger partial charge in [-0.15, -0.1) is 0 Å². The number of anilines is 1. The van der Waals surface area contributed by atoms with E-state index in [1.54, 1.807) is 0 Å². The number of hydrogen-bond acceptors (Lipinski definition) is 3. The van der Waals surface area contributed by atoms with E-state index in [2.05, 4.69) is 6.92 Å². The summed E-state index contributed by atoms with van der Waals surface area (Å²) in [4.78, 5) is -0.119. The van der Waals surface area contributed by atoms with Gasteiger partial charge in [-0.1, -0.05) is 19.8 Å². The molecule has 1 aliphatic heterocycles. The van der Waals surface area contributed by atoms with Crippen LogP contribution in [0.4, 0.5) is 10.1 Å². The molecule has 0 bridgehead atoms. The van der Waals surface area contributed by atoms with Crippen LogP contribution in [0.25, 0.3) is 0 Å². The summed E-state index contributed by atoms with van der Waals surface area (Å²) in [5.74, 6) is 0.00921. The lowest BCUT2D eigenvalue weighted by molar-refractivity contribution is 0.262. The summed E-state index contributed by atoms with van der Waals surface area (Å²) in [5, 5.41) is 0. The second kappa shape index (κ2) is 6.10. The van der Waals surface area contributed by atoms with Crippen LogP contribution in [0.1, 0.15) is 32.6 Å². The summed E-state index contributed by atoms with van der Waals surface area (Å²) < 4.78 is 39.7. The second-order valence-corrected chi connectivity index (χ2v) is 7.22. The molecule has 112 valence electrons. The van der Waals surface area contributed by atoms with Gasteiger partial charge in [-0.25, -0.2) is 12.8 Å². The van der Waals surface area contributed by atoms with E-state index in [4.69, 9.17) is 5.73 Å². The van der Waals surface area contributed by atoms with Crippen LogP contribution >= 0.6 is 0 Å². The number of piperidine rings is 1. The van der Waals surface area contributed by atoms with Gasteiger partial charge in [0.15, 0.2) is 0 Å². The zero-order valence-corrected chi connectivity index (χ0v) is 12.5. The van der Waals surface area contributed by atoms with Crippen molar-refractivity contribution < 1.29 is 12.8 Å². The Balaban J connectivity index is 2.18. The summed E-state index contributed by atoms with van der Waals surface area (Å²) >= 11 is 0. The number of hydrogen-bond donors (Lipinski definition) is 1. The van der Waals surface area contributed by atoms with Gasteiger partial charge in [0.25, 0.3) is 0 Å². The number of halogens is 1. The first-order valence-electron chi connectivity index (χ1n) is 7.00. The molecule has 0 amide bonds. The number of nitrogen functional groups attached to an aromatic ring is 1. The predicted molar refractivity (Wildman–Crippen MR) is 77.2 cm³/mol. The van der Waals surface area contributed by atoms with Crippen LogP contribution in [-0.2, 0) is 10.0 Å². The standard InChI is InChI=1S/C14H21FN2O2S/c1-2-3-11-6-8-17(9-7-11)20(18,19)14-10-12(15)4-5-13(14)16/h4-5,10-11H,2-3,6-9,16H2,1H3. The lowest BCUT2D eigenvalue weighted by Gasteiger charge is -2.31. The van der Waals surface area contributed by atoms with Gasteiger partial charge in [-0.3, -0.25) is 0 Å². The van der Waals surface area contributed by atoms with Crippen molar-refractivity contribution in [3.63, 3.8) is 0 Å². The smallest absolute Gasteiger partial charge is 0.245 e. The number of sulfonamides is 1. The minimum Gasteiger partial charge on any atom is -0.398 e. The summed E-state index contributed by atoms with van der Waals surface area (Å²) in [6.07, 6.45) is 3.98. The maximum absolute atomic E-state index is 13.3. The molecule has 0 aromatic heterocycles. The van der Waals surface area contributed by atoms with E-state index in [0.717, 1.165) is 31.7 Å². The van der Waals surface area contributed by atoms with Gasteiger partial charge in [-0.05, 0) is 37.0 Å². The Morgan fingerprint density at radius 1 is 1.35 bits per heavy atom. The second-order valence-electron chi connectivity index (χ2n) is 5.32. The molecule has 1 fully saturated rings. The van der Waals surface area contributed by atoms with Crippen LogP contribution in [-0.4, -0.2) is 25.8 Å². The molecule has 4 nitrogen and oxygen atoms in total. The Morgan fingerprint density at radius 2 is 2.00 bits per heavy atom. The number of rotatable bonds is 4. The van der Waals surface area contributed by atoms with Gasteiger partial charge in [0.2, 0.25) is 10.0 Å². The maximum Gasteiger partial charge on any atom is 0.245 e. The third-order valence-corrected chi connectivity index (χ3v) is 5.82. The monoisotopic (exact) mass is 300 g/mol. The lowest BCUT2D eigenvalue weighted by Crippen LogP contribution is -2.38. The van der Waals surface area contributed by atoms with Crippen LogP contribution in [0, 0.1) is 11.7 Å². The van der Waals surface area contributed by atoms with E-state index in [9.17, 15) is 12.8 Å². The molecule has 0 atom stereocenters. The molecule has 2 N–H and O–H groups in total. The molecule has 0 saturated carbocycles. The van der Waals surface area contributed by atoms with Gasteiger partial charge in [-0.2, -0.15) is 4.31 Å². The summed E-state index contributed by atoms with van der Waals surface area (Å²) in [7, 11) is -3.69. The fraction of sp³-hybridized carbons (Fsp3) is 0.571. The zero-order valence-electron chi connectivity index (χ0n) is 11.7. The SMILES string of the molecule is CCCC1CCN(S(=O)(=O)c2cc(F)ccc2N)CC1. The maximum atomic E-state index is 13.3. The highest BCUT2D eigenvalue weighted by atomic mass is 32.2. The highest BCUT2D eigenvalue weighted by Crippen LogP contribution is 2.28. The molecule has 2 rings (SSSR count). The fourth-order valence-corrected chi connectivity index (χ4v) is 4.31. The Bertz CT molecular complexity index is 567. The fourth-order valence-electron chi connectivity index (χ4n) is 2.72. The van der Waals surface area contributed by atoms with Crippen molar-refractivity contribution in [3.8, 4) is 0 Å². The Labute approximate surface area is 119 Å². The van der Waals surface area contributed by atoms with Gasteiger partial charge < -0.3 is 5.73 Å². The van der Waals surface area contributed by atoms with E-state index in [-0.39, 0.29) is 10.6 Å². The highest BCUT2D eigenvalue weighted by molar-refractivity contribution is 7.89. The van der Waals surface area contributed by atoms with Crippen molar-refractivity contribution in [3.05, 3.63) is 24.0 Å². The van der Waals surface area contributed by atoms with E-state index in [1.165, 1.54) is 16.4 Å². The molecule has 1 aliphatic rings. The van der Waals surface area contributed by atoms with Crippen molar-refractivity contribution in [2.45, 2.75) is 37.5 Å². The molecule has 0 unspecified atom stereocenters. The molecule has 6 heteroatoms. The molecule has 1 aromatic carbocycles. The molecule has 1 saturated heterocycles. The van der Waals surface area contributed by atoms with E-state index in [1.807, 2.05) is 0 Å². The summed E-state index contributed by atoms with van der Waals surface area (Å²) in [6.45, 7) is 3.11. The minimum absolute atomic E-state index is 0.0991. The van der Waals surface area contributed by atoms with Crippen molar-refractivity contribution >= 4 is 15.7 Å². The first-order chi connectivity index (χ1) is 9.45. The van der Waals surface area contributed by atoms with Gasteiger partial charge >= 0.3 is 0 Å². The average molecular weight is 300 g/mol. The molecular formula is C14H21FN2O2S. The molecule has 0 spiro atoms. The van der Waals surface area contributed by atoms with Crippen LogP contribution < -0.4 is 5.73 Å². The summed E-state index contributed by atoms with van der Waals surface area (Å²) in [6, 6.07) is 3.47. The molecule has 20 heavy (non-hydrogen) atoms. The molecule has 1 aromatic rings. The largest absolute Gasteiger partial charge is 0.398 e. The topological polar surface area (TPSA) is 63.4 Å². The molecule has 0 radical (unpaired) electrons. The lowest BCUT2D eigenvalue weighted by atomic mass is 9.94. The Kier molecular flexibility index (Phi) is 4.65. The highest BCUT2D eigenvalue weighted by Gasteiger charge is 2.30. The number of benzene rings is 1. The van der Waals surface area contributed by atoms with Crippen molar-refractivity contribution in [1.82, 2.24) is 4.31 Å². The van der Waals surface area contributed by atoms with E-state index < -0.39 is 15.8 Å². The number of nitrogens with two attached hydrogens (primary N) is 1. The minimum atomic E-state index is -3.69. The molecule has 1 heterocycles. The third kappa shape index (κ3) is 3.12. The van der Waals surface area contributed by atoms with Gasteiger partial charge in [0.05, 0.1) is 5.69 Å². The van der Waals surface area contributed by atoms with Crippen molar-refractivity contribution in [2.75, 3.05) is 18.8 Å². The van der Waals surface area contributed by atoms with Crippen LogP contribution in [0.3, 0.4) is 0 Å². The first kappa shape index (κ1) is 15.3. The van der Waals surface area contributed by atoms with Crippen molar-refractivity contribution in [1.29, 1.82) is 0 Å². The zero-order chi connectivity index (χ0) is 14.8. The van der Waals surface area contributed by atoms with Gasteiger partial charge in [0.1, 0.15) is 10.7 Å². The predicted octanol–water partition coefficient (Wildman–Crippen LogP) is 2.61. The van der Waals surface area contributed by atoms with Crippen LogP contribution in [0.15, 0.2) is 23.1 Å². The number of nitrogens with zero attached hydrogens (tertiary/aromatic N) is 1. The quantitative estimate of drug-likeness (QED) is 0.869. The van der Waals surface area contributed by atoms with E-state index >= 15 is 0 Å². The molecular weight excluding hydrogens is 279 g/mol. The average Bonchev–Trinajstić information content (AvgIpc) is 2.42. The Hall–Kier alpha value is -1.14. The normalized spacial score (nSPS) is 18.3. The van der Waals surface area contributed by atoms with Crippen molar-refractivity contribution in [2.24, 2.45) is 5.92 Å². The molecule has 0 aliphatic carbocycles. The van der Waals surface area contributed by atoms with Gasteiger partial charge in [0, 0.05) is 13.1 Å². The first-order valence-corrected chi connectivity index (χ1v) is 8.44. The van der Waals surface area contributed by atoms with E-state index in [0.29, 0.717) is 19.0 Å². The van der Waals surface area contributed by atoms with Crippen LogP contribution in [0.2, 0.25) is 0 Å².